The Bertz CT molecular complexity index is 1330. The summed E-state index contributed by atoms with van der Waals surface area (Å²) in [5.74, 6) is -7.61. The summed E-state index contributed by atoms with van der Waals surface area (Å²) in [6, 6.07) is 0.341. The summed E-state index contributed by atoms with van der Waals surface area (Å²) in [5, 5.41) is 39.7. The number of rotatable bonds is 11. The lowest BCUT2D eigenvalue weighted by Crippen LogP contribution is -2.59. The van der Waals surface area contributed by atoms with Crippen LogP contribution in [-0.2, 0) is 14.3 Å². The number of halogens is 5. The van der Waals surface area contributed by atoms with Gasteiger partial charge in [0.15, 0.2) is 17.5 Å². The van der Waals surface area contributed by atoms with E-state index in [-0.39, 0.29) is 24.1 Å². The Morgan fingerprint density at radius 1 is 1.20 bits per heavy atom. The molecule has 0 bridgehead atoms. The molecule has 2 heterocycles. The maximum atomic E-state index is 14.2. The number of aromatic nitrogens is 3. The molecule has 1 aromatic carbocycles. The molecule has 1 aromatic heterocycles. The highest BCUT2D eigenvalue weighted by Gasteiger charge is 2.54. The van der Waals surface area contributed by atoms with Crippen LogP contribution in [0.2, 0.25) is 0 Å². The van der Waals surface area contributed by atoms with Gasteiger partial charge in [-0.2, -0.15) is 0 Å². The number of ether oxygens (including phenoxy) is 2. The molecular weight excluding hydrogens is 627 g/mol. The second-order valence-corrected chi connectivity index (χ2v) is 13.2. The Kier molecular flexibility index (Phi) is 10.1. The monoisotopic (exact) mass is 664 g/mol. The van der Waals surface area contributed by atoms with Gasteiger partial charge >= 0.3 is 0 Å². The van der Waals surface area contributed by atoms with Gasteiger partial charge in [-0.05, 0) is 50.7 Å². The fourth-order valence-electron chi connectivity index (χ4n) is 5.99. The number of aliphatic hydroxyl groups is 3. The standard InChI is InChI=1S/C29H37F5N4O6S/c1-3-37(12-15-4-5-15)26(41)25(28(42)6-8-29(33,34)9-7-28)45-27-24(43-2)22(23(40)20(14-39)44-27)38-13-19(35-36-38)16-10-17(30)21(32)18(31)11-16/h10-11,13,15,20,22-25,27,39-40,42H,3-9,12,14H2,1-2H3/t20-,22+,23+,24-,25+,27+/m1/s1. The minimum atomic E-state index is -2.97. The van der Waals surface area contributed by atoms with Crippen molar-refractivity contribution in [2.45, 2.75) is 92.0 Å². The number of aliphatic hydroxyl groups excluding tert-OH is 2. The third kappa shape index (κ3) is 7.15. The Labute approximate surface area is 260 Å². The number of methoxy groups -OCH3 is 1. The molecule has 250 valence electrons. The molecule has 2 aromatic rings. The lowest BCUT2D eigenvalue weighted by molar-refractivity contribution is -0.186. The van der Waals surface area contributed by atoms with Crippen LogP contribution in [0.3, 0.4) is 0 Å². The zero-order valence-corrected chi connectivity index (χ0v) is 25.6. The maximum Gasteiger partial charge on any atom is 0.248 e. The first-order chi connectivity index (χ1) is 21.3. The van der Waals surface area contributed by atoms with Crippen LogP contribution >= 0.6 is 11.8 Å². The molecule has 45 heavy (non-hydrogen) atoms. The van der Waals surface area contributed by atoms with E-state index in [2.05, 4.69) is 10.3 Å². The number of thioether (sulfide) groups is 1. The quantitative estimate of drug-likeness (QED) is 0.245. The molecule has 6 atom stereocenters. The van der Waals surface area contributed by atoms with E-state index in [0.29, 0.717) is 19.0 Å². The predicted octanol–water partition coefficient (Wildman–Crippen LogP) is 3.30. The SMILES string of the molecule is CCN(CC1CC1)C(=O)[C@H](S[C@@H]1O[C@H](CO)[C@H](O)[C@H](n2cc(-c3cc(F)c(F)c(F)c3)nn2)[C@H]1OC)C1(O)CCC(F)(F)CC1. The molecule has 2 aliphatic carbocycles. The molecule has 1 amide bonds. The summed E-state index contributed by atoms with van der Waals surface area (Å²) in [5.41, 5.74) is -3.13. The van der Waals surface area contributed by atoms with Gasteiger partial charge in [0.05, 0.1) is 18.4 Å². The van der Waals surface area contributed by atoms with E-state index in [4.69, 9.17) is 9.47 Å². The molecular formula is C29H37F5N4O6S. The topological polar surface area (TPSA) is 130 Å². The van der Waals surface area contributed by atoms with Gasteiger partial charge in [-0.15, -0.1) is 16.9 Å². The van der Waals surface area contributed by atoms with Gasteiger partial charge in [0, 0.05) is 38.6 Å². The van der Waals surface area contributed by atoms with Crippen LogP contribution in [0.15, 0.2) is 18.3 Å². The first-order valence-corrected chi connectivity index (χ1v) is 15.8. The van der Waals surface area contributed by atoms with E-state index in [1.54, 1.807) is 11.8 Å². The van der Waals surface area contributed by atoms with Gasteiger partial charge in [-0.1, -0.05) is 5.21 Å². The van der Waals surface area contributed by atoms with Crippen molar-refractivity contribution in [3.05, 3.63) is 35.8 Å². The second kappa shape index (κ2) is 13.4. The van der Waals surface area contributed by atoms with Gasteiger partial charge in [-0.25, -0.2) is 26.6 Å². The second-order valence-electron chi connectivity index (χ2n) is 12.0. The van der Waals surface area contributed by atoms with Crippen molar-refractivity contribution in [3.63, 3.8) is 0 Å². The summed E-state index contributed by atoms with van der Waals surface area (Å²) < 4.78 is 82.6. The highest BCUT2D eigenvalue weighted by molar-refractivity contribution is 8.01. The number of amides is 1. The van der Waals surface area contributed by atoms with Gasteiger partial charge in [0.25, 0.3) is 0 Å². The van der Waals surface area contributed by atoms with Crippen LogP contribution in [-0.4, -0.2) is 108 Å². The number of carbonyl (C=O) groups excluding carboxylic acids is 1. The molecule has 0 radical (unpaired) electrons. The van der Waals surface area contributed by atoms with E-state index in [0.717, 1.165) is 41.4 Å². The average Bonchev–Trinajstić information content (AvgIpc) is 3.71. The maximum absolute atomic E-state index is 14.2. The zero-order chi connectivity index (χ0) is 32.7. The molecule has 3 aliphatic rings. The van der Waals surface area contributed by atoms with Crippen molar-refractivity contribution in [1.82, 2.24) is 19.9 Å². The van der Waals surface area contributed by atoms with Crippen LogP contribution in [0.1, 0.15) is 51.5 Å². The fourth-order valence-corrected chi connectivity index (χ4v) is 7.65. The van der Waals surface area contributed by atoms with E-state index >= 15 is 0 Å². The minimum absolute atomic E-state index is 0.0599. The van der Waals surface area contributed by atoms with Gasteiger partial charge < -0.3 is 29.7 Å². The van der Waals surface area contributed by atoms with Crippen molar-refractivity contribution in [2.75, 3.05) is 26.8 Å². The summed E-state index contributed by atoms with van der Waals surface area (Å²) in [6.45, 7) is 1.93. The highest BCUT2D eigenvalue weighted by atomic mass is 32.2. The molecule has 3 N–H and O–H groups in total. The average molecular weight is 665 g/mol. The van der Waals surface area contributed by atoms with Crippen molar-refractivity contribution in [2.24, 2.45) is 5.92 Å². The molecule has 1 saturated heterocycles. The summed E-state index contributed by atoms with van der Waals surface area (Å²) in [7, 11) is 1.31. The van der Waals surface area contributed by atoms with Gasteiger partial charge in [0.1, 0.15) is 40.7 Å². The van der Waals surface area contributed by atoms with Crippen molar-refractivity contribution in [1.29, 1.82) is 0 Å². The summed E-state index contributed by atoms with van der Waals surface area (Å²) in [4.78, 5) is 15.6. The third-order valence-electron chi connectivity index (χ3n) is 8.89. The highest BCUT2D eigenvalue weighted by Crippen LogP contribution is 2.47. The Balaban J connectivity index is 1.47. The van der Waals surface area contributed by atoms with Crippen LogP contribution in [0.5, 0.6) is 0 Å². The predicted molar refractivity (Wildman–Crippen MR) is 152 cm³/mol. The first-order valence-electron chi connectivity index (χ1n) is 14.9. The van der Waals surface area contributed by atoms with Crippen molar-refractivity contribution >= 4 is 17.7 Å². The lowest BCUT2D eigenvalue weighted by Gasteiger charge is -2.47. The number of hydrogen-bond acceptors (Lipinski definition) is 9. The largest absolute Gasteiger partial charge is 0.394 e. The Morgan fingerprint density at radius 2 is 1.84 bits per heavy atom. The number of nitrogens with zero attached hydrogens (tertiary/aromatic N) is 4. The molecule has 0 unspecified atom stereocenters. The van der Waals surface area contributed by atoms with Crippen molar-refractivity contribution in [3.8, 4) is 11.3 Å². The molecule has 0 spiro atoms. The van der Waals surface area contributed by atoms with Crippen LogP contribution < -0.4 is 0 Å². The lowest BCUT2D eigenvalue weighted by atomic mass is 9.80. The number of alkyl halides is 2. The minimum Gasteiger partial charge on any atom is -0.394 e. The molecule has 1 aliphatic heterocycles. The summed E-state index contributed by atoms with van der Waals surface area (Å²) >= 11 is 0.874. The molecule has 2 saturated carbocycles. The molecule has 16 heteroatoms. The zero-order valence-electron chi connectivity index (χ0n) is 24.8. The third-order valence-corrected chi connectivity index (χ3v) is 10.5. The smallest absolute Gasteiger partial charge is 0.248 e. The molecule has 3 fully saturated rings. The van der Waals surface area contributed by atoms with E-state index in [9.17, 15) is 42.1 Å². The Hall–Kier alpha value is -2.37. The number of hydrogen-bond donors (Lipinski definition) is 3. The molecule has 5 rings (SSSR count). The number of benzene rings is 1. The normalized spacial score (nSPS) is 28.5. The number of carbonyl (C=O) groups is 1. The van der Waals surface area contributed by atoms with E-state index in [1.165, 1.54) is 13.3 Å². The van der Waals surface area contributed by atoms with Crippen LogP contribution in [0, 0.1) is 23.4 Å². The van der Waals surface area contributed by atoms with Gasteiger partial charge in [0.2, 0.25) is 11.8 Å². The summed E-state index contributed by atoms with van der Waals surface area (Å²) in [6.07, 6.45) is -2.49. The van der Waals surface area contributed by atoms with Gasteiger partial charge in [-0.3, -0.25) is 4.79 Å². The van der Waals surface area contributed by atoms with E-state index < -0.39 is 89.4 Å². The Morgan fingerprint density at radius 3 is 2.40 bits per heavy atom. The van der Waals surface area contributed by atoms with Crippen LogP contribution in [0.4, 0.5) is 22.0 Å². The van der Waals surface area contributed by atoms with Crippen LogP contribution in [0.25, 0.3) is 11.3 Å². The molecule has 10 nitrogen and oxygen atoms in total. The van der Waals surface area contributed by atoms with Crippen molar-refractivity contribution < 1.29 is 51.5 Å². The first kappa shape index (κ1) is 34.0. The van der Waals surface area contributed by atoms with E-state index in [1.807, 2.05) is 0 Å². The fraction of sp³-hybridized carbons (Fsp3) is 0.690.